The Labute approximate surface area is 94.8 Å². The molecule has 1 atom stereocenters. The molecule has 2 heterocycles. The molecule has 0 amide bonds. The van der Waals surface area contributed by atoms with Gasteiger partial charge in [-0.3, -0.25) is 0 Å². The summed E-state index contributed by atoms with van der Waals surface area (Å²) >= 11 is 0. The van der Waals surface area contributed by atoms with Crippen molar-refractivity contribution in [1.29, 1.82) is 0 Å². The second-order valence-corrected chi connectivity index (χ2v) is 4.45. The van der Waals surface area contributed by atoms with Crippen molar-refractivity contribution in [3.8, 4) is 5.75 Å². The molecular weight excluding hydrogens is 200 g/mol. The highest BCUT2D eigenvalue weighted by Crippen LogP contribution is 2.31. The fourth-order valence-electron chi connectivity index (χ4n) is 2.51. The van der Waals surface area contributed by atoms with Crippen LogP contribution in [-0.4, -0.2) is 18.1 Å². The van der Waals surface area contributed by atoms with Crippen LogP contribution >= 0.6 is 0 Å². The van der Waals surface area contributed by atoms with Crippen LogP contribution < -0.4 is 10.1 Å². The Morgan fingerprint density at radius 2 is 2.25 bits per heavy atom. The Morgan fingerprint density at radius 1 is 1.38 bits per heavy atom. The number of hydrogen-bond donors (Lipinski definition) is 2. The van der Waals surface area contributed by atoms with Crippen LogP contribution in [0.1, 0.15) is 18.2 Å². The van der Waals surface area contributed by atoms with Crippen LogP contribution in [0.2, 0.25) is 0 Å². The summed E-state index contributed by atoms with van der Waals surface area (Å²) in [5.74, 6) is 0.930. The third kappa shape index (κ3) is 1.32. The van der Waals surface area contributed by atoms with Gasteiger partial charge in [0.25, 0.3) is 0 Å². The van der Waals surface area contributed by atoms with Gasteiger partial charge < -0.3 is 15.0 Å². The number of ether oxygens (including phenoxy) is 1. The number of rotatable bonds is 1. The largest absolute Gasteiger partial charge is 0.495 e. The maximum absolute atomic E-state index is 5.38. The molecule has 16 heavy (non-hydrogen) atoms. The van der Waals surface area contributed by atoms with E-state index < -0.39 is 0 Å². The van der Waals surface area contributed by atoms with Gasteiger partial charge in [-0.25, -0.2) is 0 Å². The molecule has 84 valence electrons. The van der Waals surface area contributed by atoms with Gasteiger partial charge >= 0.3 is 0 Å². The van der Waals surface area contributed by atoms with Crippen LogP contribution in [0, 0.1) is 0 Å². The summed E-state index contributed by atoms with van der Waals surface area (Å²) in [4.78, 5) is 3.47. The first-order chi connectivity index (χ1) is 7.79. The third-order valence-electron chi connectivity index (χ3n) is 3.35. The highest BCUT2D eigenvalue weighted by molar-refractivity contribution is 5.89. The van der Waals surface area contributed by atoms with E-state index in [1.807, 2.05) is 6.07 Å². The van der Waals surface area contributed by atoms with Gasteiger partial charge in [0.15, 0.2) is 0 Å². The van der Waals surface area contributed by atoms with E-state index in [0.717, 1.165) is 24.2 Å². The van der Waals surface area contributed by atoms with Crippen molar-refractivity contribution in [2.45, 2.75) is 25.9 Å². The first-order valence-corrected chi connectivity index (χ1v) is 5.69. The number of para-hydroxylation sites is 1. The first kappa shape index (κ1) is 9.73. The predicted molar refractivity (Wildman–Crippen MR) is 64.9 cm³/mol. The molecule has 3 nitrogen and oxygen atoms in total. The average molecular weight is 216 g/mol. The quantitative estimate of drug-likeness (QED) is 0.767. The minimum Gasteiger partial charge on any atom is -0.495 e. The Morgan fingerprint density at radius 3 is 3.06 bits per heavy atom. The maximum atomic E-state index is 5.38. The number of methoxy groups -OCH3 is 1. The minimum atomic E-state index is 0.553. The van der Waals surface area contributed by atoms with Gasteiger partial charge in [-0.15, -0.1) is 0 Å². The zero-order valence-electron chi connectivity index (χ0n) is 9.63. The lowest BCUT2D eigenvalue weighted by Gasteiger charge is -2.20. The molecular formula is C13H16N2O. The number of hydrogen-bond acceptors (Lipinski definition) is 2. The lowest BCUT2D eigenvalue weighted by atomic mass is 10.00. The molecule has 0 aliphatic carbocycles. The standard InChI is InChI=1S/C13H16N2O/c1-8-6-10-9-4-3-5-12(16-2)13(9)15-11(10)7-14-8/h3-5,8,14-15H,6-7H2,1-2H3. The molecule has 1 aromatic carbocycles. The highest BCUT2D eigenvalue weighted by atomic mass is 16.5. The zero-order chi connectivity index (χ0) is 11.1. The van der Waals surface area contributed by atoms with Crippen LogP contribution in [0.25, 0.3) is 10.9 Å². The third-order valence-corrected chi connectivity index (χ3v) is 3.35. The Kier molecular flexibility index (Phi) is 2.14. The summed E-state index contributed by atoms with van der Waals surface area (Å²) in [5, 5.41) is 4.77. The molecule has 0 saturated heterocycles. The van der Waals surface area contributed by atoms with Gasteiger partial charge in [0.1, 0.15) is 5.75 Å². The average Bonchev–Trinajstić information content (AvgIpc) is 2.67. The molecule has 3 heteroatoms. The van der Waals surface area contributed by atoms with Gasteiger partial charge in [0.05, 0.1) is 12.6 Å². The molecule has 2 aromatic rings. The highest BCUT2D eigenvalue weighted by Gasteiger charge is 2.20. The summed E-state index contributed by atoms with van der Waals surface area (Å²) in [6.07, 6.45) is 1.09. The summed E-state index contributed by atoms with van der Waals surface area (Å²) in [5.41, 5.74) is 3.88. The van der Waals surface area contributed by atoms with Crippen molar-refractivity contribution in [3.63, 3.8) is 0 Å². The number of fused-ring (bicyclic) bond motifs is 3. The minimum absolute atomic E-state index is 0.553. The molecule has 0 fully saturated rings. The number of aromatic amines is 1. The second-order valence-electron chi connectivity index (χ2n) is 4.45. The summed E-state index contributed by atoms with van der Waals surface area (Å²) in [7, 11) is 1.72. The van der Waals surface area contributed by atoms with Crippen LogP contribution in [0.4, 0.5) is 0 Å². The van der Waals surface area contributed by atoms with Crippen molar-refractivity contribution < 1.29 is 4.74 Å². The van der Waals surface area contributed by atoms with Gasteiger partial charge in [0.2, 0.25) is 0 Å². The topological polar surface area (TPSA) is 37.0 Å². The van der Waals surface area contributed by atoms with Crippen molar-refractivity contribution in [1.82, 2.24) is 10.3 Å². The second kappa shape index (κ2) is 3.52. The van der Waals surface area contributed by atoms with E-state index in [2.05, 4.69) is 29.4 Å². The Hall–Kier alpha value is -1.48. The Bertz CT molecular complexity index is 530. The number of aromatic nitrogens is 1. The van der Waals surface area contributed by atoms with Crippen molar-refractivity contribution in [2.24, 2.45) is 0 Å². The lowest BCUT2D eigenvalue weighted by molar-refractivity contribution is 0.419. The molecule has 1 unspecified atom stereocenters. The predicted octanol–water partition coefficient (Wildman–Crippen LogP) is 2.21. The van der Waals surface area contributed by atoms with Crippen LogP contribution in [-0.2, 0) is 13.0 Å². The van der Waals surface area contributed by atoms with E-state index in [1.165, 1.54) is 16.6 Å². The molecule has 0 radical (unpaired) electrons. The zero-order valence-corrected chi connectivity index (χ0v) is 9.63. The normalized spacial score (nSPS) is 19.8. The fourth-order valence-corrected chi connectivity index (χ4v) is 2.51. The van der Waals surface area contributed by atoms with E-state index in [9.17, 15) is 0 Å². The molecule has 1 aliphatic heterocycles. The molecule has 0 saturated carbocycles. The van der Waals surface area contributed by atoms with E-state index in [0.29, 0.717) is 6.04 Å². The molecule has 2 N–H and O–H groups in total. The van der Waals surface area contributed by atoms with Gasteiger partial charge in [-0.2, -0.15) is 0 Å². The van der Waals surface area contributed by atoms with E-state index in [-0.39, 0.29) is 0 Å². The number of nitrogens with one attached hydrogen (secondary N) is 2. The molecule has 0 spiro atoms. The van der Waals surface area contributed by atoms with E-state index in [4.69, 9.17) is 4.74 Å². The fraction of sp³-hybridized carbons (Fsp3) is 0.385. The van der Waals surface area contributed by atoms with E-state index >= 15 is 0 Å². The summed E-state index contributed by atoms with van der Waals surface area (Å²) in [6, 6.07) is 6.78. The molecule has 0 bridgehead atoms. The van der Waals surface area contributed by atoms with E-state index in [1.54, 1.807) is 7.11 Å². The van der Waals surface area contributed by atoms with Crippen molar-refractivity contribution in [3.05, 3.63) is 29.5 Å². The van der Waals surface area contributed by atoms with Crippen molar-refractivity contribution >= 4 is 10.9 Å². The Balaban J connectivity index is 2.25. The number of benzene rings is 1. The van der Waals surface area contributed by atoms with Crippen molar-refractivity contribution in [2.75, 3.05) is 7.11 Å². The smallest absolute Gasteiger partial charge is 0.142 e. The summed E-state index contributed by atoms with van der Waals surface area (Å²) in [6.45, 7) is 3.15. The van der Waals surface area contributed by atoms with Gasteiger partial charge in [-0.1, -0.05) is 12.1 Å². The SMILES string of the molecule is COc1cccc2c3c([nH]c12)CNC(C)C3. The molecule has 1 aliphatic rings. The van der Waals surface area contributed by atoms with Crippen LogP contribution in [0.15, 0.2) is 18.2 Å². The maximum Gasteiger partial charge on any atom is 0.142 e. The van der Waals surface area contributed by atoms with Crippen LogP contribution in [0.5, 0.6) is 5.75 Å². The molecule has 3 rings (SSSR count). The first-order valence-electron chi connectivity index (χ1n) is 5.69. The monoisotopic (exact) mass is 216 g/mol. The van der Waals surface area contributed by atoms with Gasteiger partial charge in [-0.05, 0) is 25.0 Å². The van der Waals surface area contributed by atoms with Gasteiger partial charge in [0, 0.05) is 23.7 Å². The number of H-pyrrole nitrogens is 1. The molecule has 1 aromatic heterocycles. The summed E-state index contributed by atoms with van der Waals surface area (Å²) < 4.78 is 5.38. The van der Waals surface area contributed by atoms with Crippen LogP contribution in [0.3, 0.4) is 0 Å². The lowest BCUT2D eigenvalue weighted by Crippen LogP contribution is -2.32.